The summed E-state index contributed by atoms with van der Waals surface area (Å²) in [5, 5.41) is 9.06. The number of carboxylic acid groups (broad SMARTS) is 1. The smallest absolute Gasteiger partial charge is 0.306 e. The normalized spacial score (nSPS) is 13.7. The molecule has 1 N–H and O–H groups in total. The maximum atomic E-state index is 11.1. The van der Waals surface area contributed by atoms with E-state index in [4.69, 9.17) is 5.11 Å². The van der Waals surface area contributed by atoms with Gasteiger partial charge in [-0.25, -0.2) is 0 Å². The quantitative estimate of drug-likeness (QED) is 0.576. The van der Waals surface area contributed by atoms with E-state index < -0.39 is 22.0 Å². The second-order valence-electron chi connectivity index (χ2n) is 4.52. The molecular formula is C12H25NO5S. The first-order valence-electron chi connectivity index (χ1n) is 6.59. The Morgan fingerprint density at radius 3 is 2.26 bits per heavy atom. The summed E-state index contributed by atoms with van der Waals surface area (Å²) in [6, 6.07) is 0. The van der Waals surface area contributed by atoms with E-state index in [-0.39, 0.29) is 13.0 Å². The van der Waals surface area contributed by atoms with Crippen LogP contribution in [0.5, 0.6) is 0 Å². The average molecular weight is 295 g/mol. The van der Waals surface area contributed by atoms with Gasteiger partial charge in [-0.1, -0.05) is 13.8 Å². The van der Waals surface area contributed by atoms with E-state index in [2.05, 4.69) is 22.9 Å². The third kappa shape index (κ3) is 9.86. The molecule has 0 fully saturated rings. The third-order valence-electron chi connectivity index (χ3n) is 3.03. The number of carboxylic acids is 1. The molecule has 0 aromatic heterocycles. The minimum absolute atomic E-state index is 0.0684. The van der Waals surface area contributed by atoms with E-state index in [1.54, 1.807) is 0 Å². The Morgan fingerprint density at radius 2 is 1.84 bits per heavy atom. The van der Waals surface area contributed by atoms with Crippen molar-refractivity contribution in [3.8, 4) is 0 Å². The number of nitrogens with zero attached hydrogens (tertiary/aromatic N) is 1. The van der Waals surface area contributed by atoms with Crippen molar-refractivity contribution in [1.82, 2.24) is 4.90 Å². The van der Waals surface area contributed by atoms with E-state index >= 15 is 0 Å². The van der Waals surface area contributed by atoms with E-state index in [0.29, 0.717) is 6.42 Å². The molecule has 0 aromatic carbocycles. The number of hydrogen-bond donors (Lipinski definition) is 1. The number of aliphatic carboxylic acids is 1. The Kier molecular flexibility index (Phi) is 8.95. The van der Waals surface area contributed by atoms with Gasteiger partial charge in [0.05, 0.1) is 18.8 Å². The summed E-state index contributed by atoms with van der Waals surface area (Å²) in [4.78, 5) is 13.3. The minimum atomic E-state index is -3.49. The van der Waals surface area contributed by atoms with E-state index in [1.807, 2.05) is 0 Å². The lowest BCUT2D eigenvalue weighted by Crippen LogP contribution is -2.25. The molecule has 0 aliphatic rings. The summed E-state index contributed by atoms with van der Waals surface area (Å²) < 4.78 is 26.2. The van der Waals surface area contributed by atoms with Gasteiger partial charge in [-0.15, -0.1) is 0 Å². The molecule has 7 heteroatoms. The van der Waals surface area contributed by atoms with E-state index in [1.165, 1.54) is 0 Å². The van der Waals surface area contributed by atoms with Crippen molar-refractivity contribution in [2.24, 2.45) is 5.92 Å². The van der Waals surface area contributed by atoms with Gasteiger partial charge in [-0.2, -0.15) is 8.42 Å². The summed E-state index contributed by atoms with van der Waals surface area (Å²) in [5.41, 5.74) is 0. The van der Waals surface area contributed by atoms with Crippen LogP contribution in [0.1, 0.15) is 33.1 Å². The number of rotatable bonds is 11. The summed E-state index contributed by atoms with van der Waals surface area (Å²) in [6.45, 7) is 6.83. The largest absolute Gasteiger partial charge is 0.481 e. The first-order valence-corrected chi connectivity index (χ1v) is 8.41. The van der Waals surface area contributed by atoms with Gasteiger partial charge in [0.25, 0.3) is 10.1 Å². The molecule has 19 heavy (non-hydrogen) atoms. The van der Waals surface area contributed by atoms with Crippen LogP contribution in [0.25, 0.3) is 0 Å². The zero-order valence-corrected chi connectivity index (χ0v) is 12.8. The highest BCUT2D eigenvalue weighted by molar-refractivity contribution is 7.85. The van der Waals surface area contributed by atoms with E-state index in [0.717, 1.165) is 32.3 Å². The van der Waals surface area contributed by atoms with Gasteiger partial charge in [-0.05, 0) is 38.9 Å². The van der Waals surface area contributed by atoms with Crippen molar-refractivity contribution in [1.29, 1.82) is 0 Å². The molecule has 0 radical (unpaired) electrons. The Labute approximate surface area is 115 Å². The Hall–Kier alpha value is -0.660. The molecule has 0 rings (SSSR count). The maximum Gasteiger partial charge on any atom is 0.306 e. The Bertz CT molecular complexity index is 351. The van der Waals surface area contributed by atoms with Crippen molar-refractivity contribution in [2.45, 2.75) is 33.1 Å². The van der Waals surface area contributed by atoms with Crippen LogP contribution in [0.15, 0.2) is 0 Å². The summed E-state index contributed by atoms with van der Waals surface area (Å²) in [6.07, 6.45) is 2.51. The minimum Gasteiger partial charge on any atom is -0.481 e. The van der Waals surface area contributed by atoms with Crippen molar-refractivity contribution in [3.05, 3.63) is 0 Å². The average Bonchev–Trinajstić information content (AvgIpc) is 2.30. The lowest BCUT2D eigenvalue weighted by atomic mass is 10.00. The fourth-order valence-corrected chi connectivity index (χ4v) is 2.23. The molecule has 0 spiro atoms. The summed E-state index contributed by atoms with van der Waals surface area (Å²) in [5.74, 6) is -1.44. The van der Waals surface area contributed by atoms with Crippen molar-refractivity contribution >= 4 is 16.1 Å². The predicted molar refractivity (Wildman–Crippen MR) is 73.6 cm³/mol. The number of carbonyl (C=O) groups is 1. The molecule has 0 aliphatic carbocycles. The van der Waals surface area contributed by atoms with Crippen LogP contribution in [-0.4, -0.2) is 56.9 Å². The zero-order valence-electron chi connectivity index (χ0n) is 12.0. The van der Waals surface area contributed by atoms with Crippen molar-refractivity contribution < 1.29 is 22.5 Å². The number of hydrogen-bond acceptors (Lipinski definition) is 5. The maximum absolute atomic E-state index is 11.1. The van der Waals surface area contributed by atoms with Crippen LogP contribution >= 0.6 is 0 Å². The lowest BCUT2D eigenvalue weighted by molar-refractivity contribution is -0.142. The Balaban J connectivity index is 4.03. The standard InChI is InChI=1S/C12H25NO5S/c1-4-13(5-2)9-6-7-11(12(14)15)8-10-18-19(3,16)17/h11H,4-10H2,1-3H3,(H,14,15). The van der Waals surface area contributed by atoms with Crippen molar-refractivity contribution in [3.63, 3.8) is 0 Å². The van der Waals surface area contributed by atoms with Crippen LogP contribution in [0, 0.1) is 5.92 Å². The van der Waals surface area contributed by atoms with Gasteiger partial charge >= 0.3 is 5.97 Å². The van der Waals surface area contributed by atoms with Crippen LogP contribution in [0.2, 0.25) is 0 Å². The monoisotopic (exact) mass is 295 g/mol. The SMILES string of the molecule is CCN(CC)CCCC(CCOS(C)(=O)=O)C(=O)O. The molecule has 0 heterocycles. The third-order valence-corrected chi connectivity index (χ3v) is 3.63. The first-order chi connectivity index (χ1) is 8.80. The molecule has 6 nitrogen and oxygen atoms in total. The molecule has 114 valence electrons. The Morgan fingerprint density at radius 1 is 1.26 bits per heavy atom. The van der Waals surface area contributed by atoms with Crippen LogP contribution in [-0.2, 0) is 19.1 Å². The zero-order chi connectivity index (χ0) is 14.9. The van der Waals surface area contributed by atoms with Gasteiger partial charge in [-0.3, -0.25) is 8.98 Å². The molecular weight excluding hydrogens is 270 g/mol. The second kappa shape index (κ2) is 9.28. The summed E-state index contributed by atoms with van der Waals surface area (Å²) >= 11 is 0. The highest BCUT2D eigenvalue weighted by atomic mass is 32.2. The molecule has 0 amide bonds. The van der Waals surface area contributed by atoms with Gasteiger partial charge in [0.1, 0.15) is 0 Å². The first kappa shape index (κ1) is 18.3. The van der Waals surface area contributed by atoms with Gasteiger partial charge in [0, 0.05) is 0 Å². The molecule has 0 aromatic rings. The van der Waals surface area contributed by atoms with Crippen LogP contribution in [0.4, 0.5) is 0 Å². The van der Waals surface area contributed by atoms with Crippen LogP contribution < -0.4 is 0 Å². The molecule has 0 aliphatic heterocycles. The highest BCUT2D eigenvalue weighted by Gasteiger charge is 2.18. The topological polar surface area (TPSA) is 83.9 Å². The van der Waals surface area contributed by atoms with Gasteiger partial charge < -0.3 is 10.0 Å². The van der Waals surface area contributed by atoms with Crippen LogP contribution in [0.3, 0.4) is 0 Å². The van der Waals surface area contributed by atoms with E-state index in [9.17, 15) is 13.2 Å². The molecule has 1 unspecified atom stereocenters. The lowest BCUT2D eigenvalue weighted by Gasteiger charge is -2.19. The fraction of sp³-hybridized carbons (Fsp3) is 0.917. The molecule has 1 atom stereocenters. The highest BCUT2D eigenvalue weighted by Crippen LogP contribution is 2.13. The fourth-order valence-electron chi connectivity index (χ4n) is 1.83. The van der Waals surface area contributed by atoms with Gasteiger partial charge in [0.2, 0.25) is 0 Å². The summed E-state index contributed by atoms with van der Waals surface area (Å²) in [7, 11) is -3.49. The molecule has 0 saturated heterocycles. The molecule has 0 saturated carbocycles. The van der Waals surface area contributed by atoms with Crippen molar-refractivity contribution in [2.75, 3.05) is 32.5 Å². The van der Waals surface area contributed by atoms with Gasteiger partial charge in [0.15, 0.2) is 0 Å². The molecule has 0 bridgehead atoms. The predicted octanol–water partition coefficient (Wildman–Crippen LogP) is 1.18. The second-order valence-corrected chi connectivity index (χ2v) is 6.16.